The van der Waals surface area contributed by atoms with E-state index in [-0.39, 0.29) is 17.6 Å². The molecule has 1 unspecified atom stereocenters. The summed E-state index contributed by atoms with van der Waals surface area (Å²) in [5, 5.41) is 0. The van der Waals surface area contributed by atoms with Crippen molar-refractivity contribution in [1.82, 2.24) is 19.9 Å². The Bertz CT molecular complexity index is 948. The lowest BCUT2D eigenvalue weighted by atomic mass is 9.93. The van der Waals surface area contributed by atoms with Crippen molar-refractivity contribution in [1.29, 1.82) is 0 Å². The largest absolute Gasteiger partial charge is 0.337 e. The van der Waals surface area contributed by atoms with Crippen molar-refractivity contribution >= 4 is 5.91 Å². The van der Waals surface area contributed by atoms with E-state index in [4.69, 9.17) is 0 Å². The molecular weight excluding hydrogens is 343 g/mol. The summed E-state index contributed by atoms with van der Waals surface area (Å²) < 4.78 is 14.1. The Kier molecular flexibility index (Phi) is 4.87. The van der Waals surface area contributed by atoms with Crippen LogP contribution in [0.3, 0.4) is 0 Å². The van der Waals surface area contributed by atoms with Crippen LogP contribution in [0.5, 0.6) is 0 Å². The molecule has 1 fully saturated rings. The normalized spacial score (nSPS) is 16.9. The molecule has 1 saturated heterocycles. The number of hydrogen-bond donors (Lipinski definition) is 0. The zero-order valence-electron chi connectivity index (χ0n) is 14.8. The molecule has 27 heavy (non-hydrogen) atoms. The van der Waals surface area contributed by atoms with E-state index in [0.717, 1.165) is 18.5 Å². The summed E-state index contributed by atoms with van der Waals surface area (Å²) in [5.41, 5.74) is 2.34. The fourth-order valence-electron chi connectivity index (χ4n) is 3.47. The molecule has 2 aromatic heterocycles. The number of nitrogens with zero attached hydrogens (tertiary/aromatic N) is 4. The third kappa shape index (κ3) is 3.69. The molecule has 0 spiro atoms. The van der Waals surface area contributed by atoms with Gasteiger partial charge in [0.1, 0.15) is 11.5 Å². The molecule has 5 nitrogen and oxygen atoms in total. The van der Waals surface area contributed by atoms with E-state index in [1.165, 1.54) is 18.5 Å². The summed E-state index contributed by atoms with van der Waals surface area (Å²) >= 11 is 0. The molecule has 1 atom stereocenters. The molecule has 6 heteroatoms. The van der Waals surface area contributed by atoms with Crippen molar-refractivity contribution < 1.29 is 9.18 Å². The summed E-state index contributed by atoms with van der Waals surface area (Å²) in [5.74, 6) is -0.283. The monoisotopic (exact) mass is 362 g/mol. The van der Waals surface area contributed by atoms with Crippen LogP contribution in [-0.4, -0.2) is 38.8 Å². The summed E-state index contributed by atoms with van der Waals surface area (Å²) in [7, 11) is 0. The molecule has 1 amide bonds. The van der Waals surface area contributed by atoms with Crippen LogP contribution in [0.25, 0.3) is 11.3 Å². The van der Waals surface area contributed by atoms with Gasteiger partial charge in [-0.25, -0.2) is 9.37 Å². The smallest absolute Gasteiger partial charge is 0.274 e. The zero-order chi connectivity index (χ0) is 18.6. The number of halogens is 1. The fourth-order valence-corrected chi connectivity index (χ4v) is 3.47. The van der Waals surface area contributed by atoms with Crippen LogP contribution in [0, 0.1) is 5.82 Å². The maximum Gasteiger partial charge on any atom is 0.274 e. The number of piperidine rings is 1. The molecule has 0 aliphatic carbocycles. The van der Waals surface area contributed by atoms with Gasteiger partial charge in [-0.2, -0.15) is 0 Å². The summed E-state index contributed by atoms with van der Waals surface area (Å²) in [6.07, 6.45) is 6.39. The Morgan fingerprint density at radius 2 is 2.00 bits per heavy atom. The van der Waals surface area contributed by atoms with E-state index in [1.54, 1.807) is 29.3 Å². The number of carbonyl (C=O) groups excluding carboxylic acids is 1. The van der Waals surface area contributed by atoms with Gasteiger partial charge >= 0.3 is 0 Å². The van der Waals surface area contributed by atoms with Gasteiger partial charge in [-0.15, -0.1) is 0 Å². The number of pyridine rings is 1. The molecule has 136 valence electrons. The van der Waals surface area contributed by atoms with Crippen LogP contribution >= 0.6 is 0 Å². The second-order valence-electron chi connectivity index (χ2n) is 6.61. The highest BCUT2D eigenvalue weighted by Gasteiger charge is 2.27. The first-order chi connectivity index (χ1) is 13.2. The predicted molar refractivity (Wildman–Crippen MR) is 99.5 cm³/mol. The Morgan fingerprint density at radius 3 is 2.81 bits per heavy atom. The van der Waals surface area contributed by atoms with E-state index in [1.807, 2.05) is 18.2 Å². The van der Waals surface area contributed by atoms with E-state index < -0.39 is 0 Å². The van der Waals surface area contributed by atoms with Crippen molar-refractivity contribution in [2.75, 3.05) is 13.1 Å². The third-order valence-electron chi connectivity index (χ3n) is 4.83. The Morgan fingerprint density at radius 1 is 1.11 bits per heavy atom. The molecule has 0 N–H and O–H groups in total. The molecule has 3 aromatic rings. The highest BCUT2D eigenvalue weighted by molar-refractivity contribution is 5.92. The van der Waals surface area contributed by atoms with E-state index in [0.29, 0.717) is 30.0 Å². The van der Waals surface area contributed by atoms with Crippen LogP contribution in [-0.2, 0) is 0 Å². The first-order valence-electron chi connectivity index (χ1n) is 8.99. The average Bonchev–Trinajstić information content (AvgIpc) is 2.74. The van der Waals surface area contributed by atoms with Gasteiger partial charge in [0, 0.05) is 42.7 Å². The number of carbonyl (C=O) groups is 1. The fraction of sp³-hybridized carbons (Fsp3) is 0.238. The van der Waals surface area contributed by atoms with Crippen LogP contribution < -0.4 is 0 Å². The first-order valence-corrected chi connectivity index (χ1v) is 8.99. The van der Waals surface area contributed by atoms with Gasteiger partial charge in [-0.05, 0) is 37.1 Å². The van der Waals surface area contributed by atoms with Crippen LogP contribution in [0.15, 0.2) is 61.1 Å². The number of benzene rings is 1. The highest BCUT2D eigenvalue weighted by Crippen LogP contribution is 2.29. The Labute approximate surface area is 156 Å². The van der Waals surface area contributed by atoms with Crippen molar-refractivity contribution in [2.24, 2.45) is 0 Å². The minimum atomic E-state index is -0.287. The predicted octanol–water partition coefficient (Wildman–Crippen LogP) is 3.70. The minimum absolute atomic E-state index is 0.113. The lowest BCUT2D eigenvalue weighted by Crippen LogP contribution is -2.39. The van der Waals surface area contributed by atoms with E-state index in [2.05, 4.69) is 15.0 Å². The second-order valence-corrected chi connectivity index (χ2v) is 6.61. The Hall–Kier alpha value is -3.15. The van der Waals surface area contributed by atoms with Crippen molar-refractivity contribution in [3.05, 3.63) is 78.3 Å². The lowest BCUT2D eigenvalue weighted by Gasteiger charge is -2.32. The topological polar surface area (TPSA) is 59.0 Å². The maximum absolute atomic E-state index is 14.1. The molecule has 0 radical (unpaired) electrons. The highest BCUT2D eigenvalue weighted by atomic mass is 19.1. The van der Waals surface area contributed by atoms with Gasteiger partial charge in [-0.1, -0.05) is 18.2 Å². The number of rotatable bonds is 3. The molecule has 1 aromatic carbocycles. The summed E-state index contributed by atoms with van der Waals surface area (Å²) in [4.78, 5) is 27.2. The molecule has 1 aliphatic heterocycles. The molecule has 0 saturated carbocycles. The van der Waals surface area contributed by atoms with Crippen molar-refractivity contribution in [2.45, 2.75) is 18.8 Å². The SMILES string of the molecule is O=C(c1cnccn1)N1CCCC(c2cccc(-c3ccccc3F)n2)C1. The third-order valence-corrected chi connectivity index (χ3v) is 4.83. The number of aromatic nitrogens is 3. The Balaban J connectivity index is 1.56. The zero-order valence-corrected chi connectivity index (χ0v) is 14.8. The van der Waals surface area contributed by atoms with Crippen LogP contribution in [0.2, 0.25) is 0 Å². The van der Waals surface area contributed by atoms with Gasteiger partial charge in [0.25, 0.3) is 5.91 Å². The van der Waals surface area contributed by atoms with Crippen LogP contribution in [0.4, 0.5) is 4.39 Å². The standard InChI is InChI=1S/C21H19FN4O/c22-17-7-2-1-6-16(17)19-9-3-8-18(25-19)15-5-4-12-26(14-15)21(27)20-13-23-10-11-24-20/h1-3,6-11,13,15H,4-5,12,14H2. The van der Waals surface area contributed by atoms with Gasteiger partial charge in [0.05, 0.1) is 11.9 Å². The van der Waals surface area contributed by atoms with Crippen molar-refractivity contribution in [3.63, 3.8) is 0 Å². The number of amides is 1. The van der Waals surface area contributed by atoms with Crippen molar-refractivity contribution in [3.8, 4) is 11.3 Å². The maximum atomic E-state index is 14.1. The van der Waals surface area contributed by atoms with Gasteiger partial charge in [-0.3, -0.25) is 14.8 Å². The number of likely N-dealkylation sites (tertiary alicyclic amines) is 1. The van der Waals surface area contributed by atoms with E-state index in [9.17, 15) is 9.18 Å². The van der Waals surface area contributed by atoms with E-state index >= 15 is 0 Å². The first kappa shape index (κ1) is 17.3. The summed E-state index contributed by atoms with van der Waals surface area (Å²) in [6.45, 7) is 1.27. The van der Waals surface area contributed by atoms with Gasteiger partial charge < -0.3 is 4.90 Å². The summed E-state index contributed by atoms with van der Waals surface area (Å²) in [6, 6.07) is 12.3. The molecular formula is C21H19FN4O. The molecule has 3 heterocycles. The van der Waals surface area contributed by atoms with Gasteiger partial charge in [0.15, 0.2) is 0 Å². The number of hydrogen-bond acceptors (Lipinski definition) is 4. The minimum Gasteiger partial charge on any atom is -0.337 e. The molecule has 4 rings (SSSR count). The quantitative estimate of drug-likeness (QED) is 0.713. The average molecular weight is 362 g/mol. The lowest BCUT2D eigenvalue weighted by molar-refractivity contribution is 0.0699. The molecule has 0 bridgehead atoms. The molecule has 1 aliphatic rings. The van der Waals surface area contributed by atoms with Crippen LogP contribution in [0.1, 0.15) is 34.9 Å². The van der Waals surface area contributed by atoms with Gasteiger partial charge in [0.2, 0.25) is 0 Å². The second kappa shape index (κ2) is 7.61.